The summed E-state index contributed by atoms with van der Waals surface area (Å²) in [7, 11) is 0. The van der Waals surface area contributed by atoms with E-state index >= 15 is 0 Å². The molecule has 1 aromatic carbocycles. The van der Waals surface area contributed by atoms with E-state index in [4.69, 9.17) is 0 Å². The van der Waals surface area contributed by atoms with Crippen molar-refractivity contribution in [1.82, 2.24) is 9.55 Å². The number of anilines is 1. The molecule has 1 aromatic heterocycles. The normalized spacial score (nSPS) is 10.3. The zero-order chi connectivity index (χ0) is 13.0. The molecule has 0 fully saturated rings. The molecule has 0 atom stereocenters. The molecule has 4 nitrogen and oxygen atoms in total. The van der Waals surface area contributed by atoms with Crippen LogP contribution >= 0.6 is 0 Å². The highest BCUT2D eigenvalue weighted by molar-refractivity contribution is 5.50. The van der Waals surface area contributed by atoms with Crippen LogP contribution in [0.1, 0.15) is 11.3 Å². The summed E-state index contributed by atoms with van der Waals surface area (Å²) in [4.78, 5) is 15.5. The molecule has 0 unspecified atom stereocenters. The Morgan fingerprint density at radius 2 is 2.00 bits per heavy atom. The number of aromatic nitrogens is 2. The third kappa shape index (κ3) is 2.97. The van der Waals surface area contributed by atoms with Crippen molar-refractivity contribution in [3.63, 3.8) is 0 Å². The van der Waals surface area contributed by atoms with Crippen LogP contribution in [0.4, 0.5) is 5.69 Å². The van der Waals surface area contributed by atoms with Crippen LogP contribution in [0, 0.1) is 13.8 Å². The quantitative estimate of drug-likeness (QED) is 0.893. The van der Waals surface area contributed by atoms with E-state index in [0.717, 1.165) is 11.4 Å². The number of nitrogens with one attached hydrogen (secondary N) is 1. The van der Waals surface area contributed by atoms with Gasteiger partial charge in [-0.3, -0.25) is 4.57 Å². The summed E-state index contributed by atoms with van der Waals surface area (Å²) >= 11 is 0. The van der Waals surface area contributed by atoms with Crippen molar-refractivity contribution >= 4 is 5.69 Å². The molecule has 94 valence electrons. The largest absolute Gasteiger partial charge is 0.383 e. The molecule has 2 rings (SSSR count). The smallest absolute Gasteiger partial charge is 0.347 e. The van der Waals surface area contributed by atoms with Gasteiger partial charge in [-0.1, -0.05) is 18.2 Å². The summed E-state index contributed by atoms with van der Waals surface area (Å²) in [6, 6.07) is 9.94. The Bertz CT molecular complexity index is 590. The lowest BCUT2D eigenvalue weighted by atomic mass is 10.2. The highest BCUT2D eigenvalue weighted by atomic mass is 16.1. The van der Waals surface area contributed by atoms with Crippen molar-refractivity contribution in [2.75, 3.05) is 11.9 Å². The van der Waals surface area contributed by atoms with Crippen LogP contribution in [-0.2, 0) is 6.54 Å². The van der Waals surface area contributed by atoms with Gasteiger partial charge in [0.25, 0.3) is 0 Å². The third-order valence-electron chi connectivity index (χ3n) is 2.83. The summed E-state index contributed by atoms with van der Waals surface area (Å²) < 4.78 is 1.61. The monoisotopic (exact) mass is 243 g/mol. The van der Waals surface area contributed by atoms with Crippen LogP contribution in [0.25, 0.3) is 0 Å². The van der Waals surface area contributed by atoms with Crippen LogP contribution < -0.4 is 11.0 Å². The zero-order valence-electron chi connectivity index (χ0n) is 10.7. The molecule has 0 radical (unpaired) electrons. The minimum atomic E-state index is -0.193. The molecule has 18 heavy (non-hydrogen) atoms. The maximum Gasteiger partial charge on any atom is 0.347 e. The van der Waals surface area contributed by atoms with Gasteiger partial charge in [-0.05, 0) is 31.5 Å². The predicted molar refractivity (Wildman–Crippen MR) is 72.9 cm³/mol. The topological polar surface area (TPSA) is 46.9 Å². The molecule has 0 saturated carbocycles. The van der Waals surface area contributed by atoms with Crippen LogP contribution in [0.2, 0.25) is 0 Å². The van der Waals surface area contributed by atoms with Gasteiger partial charge in [0.15, 0.2) is 0 Å². The number of aryl methyl sites for hydroxylation is 2. The molecule has 0 aliphatic rings. The second-order valence-electron chi connectivity index (χ2n) is 4.29. The van der Waals surface area contributed by atoms with Gasteiger partial charge >= 0.3 is 5.69 Å². The van der Waals surface area contributed by atoms with Crippen molar-refractivity contribution in [1.29, 1.82) is 0 Å². The van der Waals surface area contributed by atoms with Gasteiger partial charge in [-0.25, -0.2) is 4.79 Å². The van der Waals surface area contributed by atoms with E-state index in [0.29, 0.717) is 13.1 Å². The Labute approximate surface area is 106 Å². The van der Waals surface area contributed by atoms with Crippen LogP contribution in [0.5, 0.6) is 0 Å². The summed E-state index contributed by atoms with van der Waals surface area (Å²) in [6.07, 6.45) is 1.78. The van der Waals surface area contributed by atoms with E-state index in [1.807, 2.05) is 31.2 Å². The minimum absolute atomic E-state index is 0.193. The molecule has 0 amide bonds. The van der Waals surface area contributed by atoms with E-state index in [1.54, 1.807) is 10.8 Å². The summed E-state index contributed by atoms with van der Waals surface area (Å²) in [5, 5.41) is 3.32. The van der Waals surface area contributed by atoms with Crippen molar-refractivity contribution in [3.8, 4) is 0 Å². The molecule has 0 aliphatic carbocycles. The molecule has 0 spiro atoms. The lowest BCUT2D eigenvalue weighted by Crippen LogP contribution is -2.25. The molecule has 0 bridgehead atoms. The van der Waals surface area contributed by atoms with Gasteiger partial charge in [-0.15, -0.1) is 0 Å². The highest BCUT2D eigenvalue weighted by Crippen LogP contribution is 2.12. The summed E-state index contributed by atoms with van der Waals surface area (Å²) in [5.74, 6) is 0. The first-order chi connectivity index (χ1) is 8.66. The summed E-state index contributed by atoms with van der Waals surface area (Å²) in [5.41, 5.74) is 2.86. The maximum absolute atomic E-state index is 11.6. The second kappa shape index (κ2) is 5.49. The number of hydrogen-bond donors (Lipinski definition) is 1. The fraction of sp³-hybridized carbons (Fsp3) is 0.286. The Hall–Kier alpha value is -2.10. The van der Waals surface area contributed by atoms with Crippen LogP contribution in [0.15, 0.2) is 41.3 Å². The summed E-state index contributed by atoms with van der Waals surface area (Å²) in [6.45, 7) is 5.19. The SMILES string of the molecule is Cc1ccn(CCNc2ccccc2C)c(=O)n1. The molecule has 4 heteroatoms. The van der Waals surface area contributed by atoms with Crippen molar-refractivity contribution in [2.24, 2.45) is 0 Å². The van der Waals surface area contributed by atoms with Crippen molar-refractivity contribution in [2.45, 2.75) is 20.4 Å². The Balaban J connectivity index is 1.97. The average molecular weight is 243 g/mol. The highest BCUT2D eigenvalue weighted by Gasteiger charge is 1.98. The van der Waals surface area contributed by atoms with E-state index in [1.165, 1.54) is 5.56 Å². The predicted octanol–water partition coefficient (Wildman–Crippen LogP) is 1.97. The molecule has 1 heterocycles. The maximum atomic E-state index is 11.6. The third-order valence-corrected chi connectivity index (χ3v) is 2.83. The Kier molecular flexibility index (Phi) is 3.77. The van der Waals surface area contributed by atoms with Gasteiger partial charge in [0.1, 0.15) is 0 Å². The number of para-hydroxylation sites is 1. The first-order valence-electron chi connectivity index (χ1n) is 6.00. The first-order valence-corrected chi connectivity index (χ1v) is 6.00. The number of benzene rings is 1. The molecular formula is C14H17N3O. The van der Waals surface area contributed by atoms with E-state index < -0.39 is 0 Å². The molecular weight excluding hydrogens is 226 g/mol. The van der Waals surface area contributed by atoms with Gasteiger partial charge in [0, 0.05) is 30.7 Å². The second-order valence-corrected chi connectivity index (χ2v) is 4.29. The average Bonchev–Trinajstić information content (AvgIpc) is 2.34. The van der Waals surface area contributed by atoms with E-state index in [2.05, 4.69) is 23.3 Å². The standard InChI is InChI=1S/C14H17N3O/c1-11-5-3-4-6-13(11)15-8-10-17-9-7-12(2)16-14(17)18/h3-7,9,15H,8,10H2,1-2H3. The lowest BCUT2D eigenvalue weighted by molar-refractivity contribution is 0.669. The van der Waals surface area contributed by atoms with Crippen molar-refractivity contribution < 1.29 is 0 Å². The number of hydrogen-bond acceptors (Lipinski definition) is 3. The Morgan fingerprint density at radius 1 is 1.22 bits per heavy atom. The first kappa shape index (κ1) is 12.4. The Morgan fingerprint density at radius 3 is 2.72 bits per heavy atom. The van der Waals surface area contributed by atoms with Crippen LogP contribution in [-0.4, -0.2) is 16.1 Å². The number of rotatable bonds is 4. The fourth-order valence-electron chi connectivity index (χ4n) is 1.77. The zero-order valence-corrected chi connectivity index (χ0v) is 10.7. The molecule has 2 aromatic rings. The minimum Gasteiger partial charge on any atom is -0.383 e. The van der Waals surface area contributed by atoms with Crippen molar-refractivity contribution in [3.05, 3.63) is 58.3 Å². The molecule has 0 aliphatic heterocycles. The van der Waals surface area contributed by atoms with E-state index in [-0.39, 0.29) is 5.69 Å². The number of nitrogens with zero attached hydrogens (tertiary/aromatic N) is 2. The fourth-order valence-corrected chi connectivity index (χ4v) is 1.77. The van der Waals surface area contributed by atoms with E-state index in [9.17, 15) is 4.79 Å². The molecule has 1 N–H and O–H groups in total. The van der Waals surface area contributed by atoms with Gasteiger partial charge in [-0.2, -0.15) is 4.98 Å². The van der Waals surface area contributed by atoms with Gasteiger partial charge in [0.05, 0.1) is 0 Å². The van der Waals surface area contributed by atoms with Gasteiger partial charge < -0.3 is 5.32 Å². The lowest BCUT2D eigenvalue weighted by Gasteiger charge is -2.10. The van der Waals surface area contributed by atoms with Gasteiger partial charge in [0.2, 0.25) is 0 Å². The van der Waals surface area contributed by atoms with Crippen LogP contribution in [0.3, 0.4) is 0 Å². The molecule has 0 saturated heterocycles.